The molecule has 7 nitrogen and oxygen atoms in total. The number of para-hydroxylation sites is 1. The number of H-pyrrole nitrogens is 1. The Hall–Kier alpha value is -3.74. The molecule has 0 fully saturated rings. The van der Waals surface area contributed by atoms with Gasteiger partial charge in [-0.15, -0.1) is 10.2 Å². The number of rotatable bonds is 3. The number of anilines is 1. The number of hydrogen-bond acceptors (Lipinski definition) is 6. The van der Waals surface area contributed by atoms with Gasteiger partial charge in [0.05, 0.1) is 10.9 Å². The molecule has 4 N–H and O–H groups in total. The van der Waals surface area contributed by atoms with Crippen LogP contribution >= 0.6 is 0 Å². The monoisotopic (exact) mass is 331 g/mol. The van der Waals surface area contributed by atoms with Crippen molar-refractivity contribution < 1.29 is 9.90 Å². The van der Waals surface area contributed by atoms with Crippen LogP contribution in [0.2, 0.25) is 0 Å². The Balaban J connectivity index is 1.93. The number of benzene rings is 2. The summed E-state index contributed by atoms with van der Waals surface area (Å²) in [4.78, 5) is 15.8. The number of hydrogen-bond donors (Lipinski definition) is 3. The van der Waals surface area contributed by atoms with Crippen molar-refractivity contribution in [2.45, 2.75) is 0 Å². The summed E-state index contributed by atoms with van der Waals surface area (Å²) in [6.45, 7) is 0. The number of aromatic nitrogens is 4. The number of carbonyl (C=O) groups is 1. The average molecular weight is 331 g/mol. The van der Waals surface area contributed by atoms with Crippen LogP contribution < -0.4 is 5.73 Å². The molecule has 25 heavy (non-hydrogen) atoms. The van der Waals surface area contributed by atoms with Crippen molar-refractivity contribution in [1.82, 2.24) is 20.4 Å². The lowest BCUT2D eigenvalue weighted by Gasteiger charge is -2.06. The summed E-state index contributed by atoms with van der Waals surface area (Å²) in [5, 5.41) is 21.8. The zero-order valence-corrected chi connectivity index (χ0v) is 13.0. The van der Waals surface area contributed by atoms with Gasteiger partial charge in [0, 0.05) is 23.0 Å². The number of ketones is 1. The van der Waals surface area contributed by atoms with Gasteiger partial charge in [-0.25, -0.2) is 0 Å². The Morgan fingerprint density at radius 3 is 2.56 bits per heavy atom. The molecule has 0 spiro atoms. The van der Waals surface area contributed by atoms with Crippen molar-refractivity contribution in [3.63, 3.8) is 0 Å². The minimum absolute atomic E-state index is 0.0979. The van der Waals surface area contributed by atoms with E-state index in [9.17, 15) is 9.90 Å². The number of aromatic amines is 1. The lowest BCUT2D eigenvalue weighted by molar-refractivity contribution is 0.104. The van der Waals surface area contributed by atoms with Crippen molar-refractivity contribution in [2.24, 2.45) is 0 Å². The number of nitrogens with zero attached hydrogens (tertiary/aromatic N) is 3. The normalized spacial score (nSPS) is 10.9. The first-order chi connectivity index (χ1) is 12.1. The highest BCUT2D eigenvalue weighted by molar-refractivity contribution is 6.18. The van der Waals surface area contributed by atoms with E-state index >= 15 is 0 Å². The predicted molar refractivity (Wildman–Crippen MR) is 93.1 cm³/mol. The third-order valence-corrected chi connectivity index (χ3v) is 3.98. The quantitative estimate of drug-likeness (QED) is 0.392. The third kappa shape index (κ3) is 2.47. The topological polar surface area (TPSA) is 118 Å². The van der Waals surface area contributed by atoms with Crippen LogP contribution in [-0.4, -0.2) is 31.3 Å². The number of fused-ring (bicyclic) bond motifs is 1. The van der Waals surface area contributed by atoms with Gasteiger partial charge in [0.15, 0.2) is 11.4 Å². The molecule has 0 aliphatic rings. The van der Waals surface area contributed by atoms with Crippen LogP contribution in [0.25, 0.3) is 22.3 Å². The summed E-state index contributed by atoms with van der Waals surface area (Å²) < 4.78 is 0. The van der Waals surface area contributed by atoms with Gasteiger partial charge in [0.1, 0.15) is 11.4 Å². The number of nitrogens with two attached hydrogens (primary N) is 1. The van der Waals surface area contributed by atoms with E-state index in [2.05, 4.69) is 20.4 Å². The fourth-order valence-corrected chi connectivity index (χ4v) is 2.74. The third-order valence-electron chi connectivity index (χ3n) is 3.98. The van der Waals surface area contributed by atoms with Gasteiger partial charge in [0.2, 0.25) is 0 Å². The summed E-state index contributed by atoms with van der Waals surface area (Å²) in [6.07, 6.45) is 1.58. The molecular formula is C18H13N5O2. The Morgan fingerprint density at radius 2 is 1.80 bits per heavy atom. The highest BCUT2D eigenvalue weighted by atomic mass is 16.3. The van der Waals surface area contributed by atoms with Crippen molar-refractivity contribution in [3.05, 3.63) is 65.9 Å². The van der Waals surface area contributed by atoms with E-state index in [4.69, 9.17) is 5.73 Å². The van der Waals surface area contributed by atoms with Gasteiger partial charge in [-0.1, -0.05) is 18.2 Å². The SMILES string of the molecule is Nc1ccccc1-c1nnnc2[nH]cc(C(=O)c3ccc(O)cc3)c12. The maximum absolute atomic E-state index is 12.9. The Kier molecular flexibility index (Phi) is 3.39. The maximum atomic E-state index is 12.9. The minimum atomic E-state index is -0.211. The van der Waals surface area contributed by atoms with Gasteiger partial charge < -0.3 is 15.8 Å². The number of phenols is 1. The van der Waals surface area contributed by atoms with Crippen molar-refractivity contribution >= 4 is 22.5 Å². The summed E-state index contributed by atoms with van der Waals surface area (Å²) in [6, 6.07) is 13.3. The first kappa shape index (κ1) is 14.8. The van der Waals surface area contributed by atoms with E-state index in [-0.39, 0.29) is 11.5 Å². The molecule has 0 aliphatic carbocycles. The summed E-state index contributed by atoms with van der Waals surface area (Å²) in [7, 11) is 0. The molecule has 0 amide bonds. The molecule has 0 radical (unpaired) electrons. The fourth-order valence-electron chi connectivity index (χ4n) is 2.74. The van der Waals surface area contributed by atoms with Gasteiger partial charge >= 0.3 is 0 Å². The van der Waals surface area contributed by atoms with Crippen molar-refractivity contribution in [3.8, 4) is 17.0 Å². The van der Waals surface area contributed by atoms with Crippen LogP contribution in [0.5, 0.6) is 5.75 Å². The number of aromatic hydroxyl groups is 1. The molecule has 0 saturated heterocycles. The molecule has 2 heterocycles. The highest BCUT2D eigenvalue weighted by Crippen LogP contribution is 2.32. The van der Waals surface area contributed by atoms with Crippen molar-refractivity contribution in [1.29, 1.82) is 0 Å². The second-order valence-corrected chi connectivity index (χ2v) is 5.53. The predicted octanol–water partition coefficient (Wildman–Crippen LogP) is 2.54. The van der Waals surface area contributed by atoms with Crippen LogP contribution in [0.1, 0.15) is 15.9 Å². The highest BCUT2D eigenvalue weighted by Gasteiger charge is 2.20. The molecule has 0 bridgehead atoms. The van der Waals surface area contributed by atoms with Gasteiger partial charge in [-0.05, 0) is 35.5 Å². The van der Waals surface area contributed by atoms with Crippen LogP contribution in [0.15, 0.2) is 54.7 Å². The molecule has 2 aromatic carbocycles. The maximum Gasteiger partial charge on any atom is 0.195 e. The van der Waals surface area contributed by atoms with E-state index in [0.29, 0.717) is 39.1 Å². The van der Waals surface area contributed by atoms with Gasteiger partial charge in [0.25, 0.3) is 0 Å². The van der Waals surface area contributed by atoms with Crippen LogP contribution in [0.3, 0.4) is 0 Å². The zero-order chi connectivity index (χ0) is 17.4. The Morgan fingerprint density at radius 1 is 1.04 bits per heavy atom. The Bertz CT molecular complexity index is 1090. The first-order valence-electron chi connectivity index (χ1n) is 7.54. The van der Waals surface area contributed by atoms with E-state index in [1.165, 1.54) is 12.1 Å². The van der Waals surface area contributed by atoms with E-state index in [1.54, 1.807) is 24.4 Å². The van der Waals surface area contributed by atoms with E-state index < -0.39 is 0 Å². The van der Waals surface area contributed by atoms with Crippen LogP contribution in [-0.2, 0) is 0 Å². The standard InChI is InChI=1S/C18H13N5O2/c19-14-4-2-1-3-12(14)16-15-13(9-20-18(15)22-23-21-16)17(25)10-5-7-11(24)8-6-10/h1-9,24H,19H2,(H,20,21,22). The number of nitrogens with one attached hydrogen (secondary N) is 1. The molecule has 0 aliphatic heterocycles. The molecule has 7 heteroatoms. The summed E-state index contributed by atoms with van der Waals surface area (Å²) >= 11 is 0. The smallest absolute Gasteiger partial charge is 0.195 e. The Labute approximate surface area is 142 Å². The second-order valence-electron chi connectivity index (χ2n) is 5.53. The molecule has 4 aromatic rings. The number of carbonyl (C=O) groups excluding carboxylic acids is 1. The molecule has 0 saturated carbocycles. The lowest BCUT2D eigenvalue weighted by Crippen LogP contribution is -2.02. The number of nitrogen functional groups attached to an aromatic ring is 1. The molecule has 122 valence electrons. The average Bonchev–Trinajstić information content (AvgIpc) is 3.06. The fraction of sp³-hybridized carbons (Fsp3) is 0. The molecule has 4 rings (SSSR count). The summed E-state index contributed by atoms with van der Waals surface area (Å²) in [5.74, 6) is -0.113. The second kappa shape index (κ2) is 5.72. The molecule has 0 unspecified atom stereocenters. The minimum Gasteiger partial charge on any atom is -0.508 e. The molecule has 2 aromatic heterocycles. The van der Waals surface area contributed by atoms with Gasteiger partial charge in [-0.2, -0.15) is 0 Å². The largest absolute Gasteiger partial charge is 0.508 e. The van der Waals surface area contributed by atoms with Gasteiger partial charge in [-0.3, -0.25) is 4.79 Å². The molecular weight excluding hydrogens is 318 g/mol. The first-order valence-corrected chi connectivity index (χ1v) is 7.54. The summed E-state index contributed by atoms with van der Waals surface area (Å²) in [5.41, 5.74) is 9.08. The zero-order valence-electron chi connectivity index (χ0n) is 13.0. The van der Waals surface area contributed by atoms with Crippen LogP contribution in [0, 0.1) is 0 Å². The van der Waals surface area contributed by atoms with Crippen molar-refractivity contribution in [2.75, 3.05) is 5.73 Å². The lowest BCUT2D eigenvalue weighted by atomic mass is 10.00. The molecule has 0 atom stereocenters. The van der Waals surface area contributed by atoms with Crippen LogP contribution in [0.4, 0.5) is 5.69 Å². The van der Waals surface area contributed by atoms with E-state index in [1.807, 2.05) is 18.2 Å². The van der Waals surface area contributed by atoms with E-state index in [0.717, 1.165) is 0 Å². The number of phenolic OH excluding ortho intramolecular Hbond substituents is 1.